The molecule has 6 heteroatoms. The van der Waals surface area contributed by atoms with Crippen LogP contribution < -0.4 is 10.6 Å². The number of nitrogens with zero attached hydrogens (tertiary/aromatic N) is 1. The fraction of sp³-hybridized carbons (Fsp3) is 0.385. The van der Waals surface area contributed by atoms with Crippen molar-refractivity contribution < 1.29 is 9.53 Å². The van der Waals surface area contributed by atoms with Crippen LogP contribution in [0, 0.1) is 0 Å². The first-order chi connectivity index (χ1) is 9.31. The van der Waals surface area contributed by atoms with Gasteiger partial charge in [-0.05, 0) is 25.0 Å². The van der Waals surface area contributed by atoms with E-state index in [4.69, 9.17) is 4.74 Å². The van der Waals surface area contributed by atoms with Crippen molar-refractivity contribution in [2.75, 3.05) is 18.5 Å². The lowest BCUT2D eigenvalue weighted by atomic mass is 10.2. The lowest BCUT2D eigenvalue weighted by Crippen LogP contribution is -2.34. The van der Waals surface area contributed by atoms with Crippen LogP contribution in [0.25, 0.3) is 10.2 Å². The summed E-state index contributed by atoms with van der Waals surface area (Å²) in [7, 11) is 0. The zero-order valence-electron chi connectivity index (χ0n) is 10.4. The molecule has 1 fully saturated rings. The number of benzene rings is 1. The number of rotatable bonds is 3. The normalized spacial score (nSPS) is 18.6. The minimum Gasteiger partial charge on any atom is -0.376 e. The second-order valence-corrected chi connectivity index (χ2v) is 5.49. The van der Waals surface area contributed by atoms with Gasteiger partial charge in [-0.25, -0.2) is 9.78 Å². The maximum Gasteiger partial charge on any atom is 0.321 e. The maximum atomic E-state index is 11.7. The Hall–Kier alpha value is -1.66. The minimum absolute atomic E-state index is 0.154. The predicted octanol–water partition coefficient (Wildman–Crippen LogP) is 2.60. The largest absolute Gasteiger partial charge is 0.376 e. The zero-order valence-corrected chi connectivity index (χ0v) is 11.2. The van der Waals surface area contributed by atoms with Gasteiger partial charge in [-0.15, -0.1) is 0 Å². The molecule has 2 amide bonds. The Labute approximate surface area is 115 Å². The van der Waals surface area contributed by atoms with E-state index in [0.29, 0.717) is 11.7 Å². The molecule has 0 radical (unpaired) electrons. The molecule has 1 aromatic heterocycles. The number of hydrogen-bond donors (Lipinski definition) is 2. The van der Waals surface area contributed by atoms with Gasteiger partial charge in [0.2, 0.25) is 0 Å². The molecule has 3 rings (SSSR count). The van der Waals surface area contributed by atoms with Crippen molar-refractivity contribution in [3.05, 3.63) is 24.3 Å². The van der Waals surface area contributed by atoms with Crippen molar-refractivity contribution in [3.63, 3.8) is 0 Å². The molecule has 1 aromatic carbocycles. The Kier molecular flexibility index (Phi) is 3.61. The van der Waals surface area contributed by atoms with E-state index < -0.39 is 0 Å². The van der Waals surface area contributed by atoms with Gasteiger partial charge < -0.3 is 10.1 Å². The minimum atomic E-state index is -0.227. The van der Waals surface area contributed by atoms with Gasteiger partial charge in [-0.2, -0.15) is 0 Å². The summed E-state index contributed by atoms with van der Waals surface area (Å²) in [4.78, 5) is 16.1. The van der Waals surface area contributed by atoms with Crippen LogP contribution in [0.3, 0.4) is 0 Å². The number of ether oxygens (including phenoxy) is 1. The Balaban J connectivity index is 1.56. The van der Waals surface area contributed by atoms with Crippen LogP contribution in [-0.4, -0.2) is 30.3 Å². The van der Waals surface area contributed by atoms with Crippen LogP contribution in [0.4, 0.5) is 9.93 Å². The van der Waals surface area contributed by atoms with Crippen LogP contribution in [0.2, 0.25) is 0 Å². The van der Waals surface area contributed by atoms with E-state index in [0.717, 1.165) is 29.7 Å². The summed E-state index contributed by atoms with van der Waals surface area (Å²) >= 11 is 1.47. The Morgan fingerprint density at radius 2 is 2.37 bits per heavy atom. The van der Waals surface area contributed by atoms with E-state index in [1.807, 2.05) is 24.3 Å². The number of amides is 2. The molecule has 0 saturated carbocycles. The zero-order chi connectivity index (χ0) is 13.1. The number of nitrogens with one attached hydrogen (secondary N) is 2. The van der Waals surface area contributed by atoms with Crippen molar-refractivity contribution in [1.29, 1.82) is 0 Å². The highest BCUT2D eigenvalue weighted by Crippen LogP contribution is 2.25. The molecule has 1 aliphatic rings. The molecule has 5 nitrogen and oxygen atoms in total. The van der Waals surface area contributed by atoms with Crippen LogP contribution in [0.5, 0.6) is 0 Å². The van der Waals surface area contributed by atoms with Crippen molar-refractivity contribution in [2.24, 2.45) is 0 Å². The fourth-order valence-corrected chi connectivity index (χ4v) is 2.94. The molecular formula is C13H15N3O2S. The van der Waals surface area contributed by atoms with Gasteiger partial charge in [0, 0.05) is 13.2 Å². The first-order valence-electron chi connectivity index (χ1n) is 6.33. The summed E-state index contributed by atoms with van der Waals surface area (Å²) in [6.07, 6.45) is 2.24. The molecule has 0 aliphatic carbocycles. The smallest absolute Gasteiger partial charge is 0.321 e. The van der Waals surface area contributed by atoms with E-state index in [2.05, 4.69) is 15.6 Å². The summed E-state index contributed by atoms with van der Waals surface area (Å²) in [5.74, 6) is 0. The van der Waals surface area contributed by atoms with E-state index in [1.165, 1.54) is 11.3 Å². The maximum absolute atomic E-state index is 11.7. The van der Waals surface area contributed by atoms with Gasteiger partial charge >= 0.3 is 6.03 Å². The van der Waals surface area contributed by atoms with E-state index in [-0.39, 0.29) is 12.1 Å². The van der Waals surface area contributed by atoms with Crippen LogP contribution in [0.1, 0.15) is 12.8 Å². The third kappa shape index (κ3) is 3.02. The summed E-state index contributed by atoms with van der Waals surface area (Å²) in [5, 5.41) is 6.18. The Bertz CT molecular complexity index is 545. The highest BCUT2D eigenvalue weighted by Gasteiger charge is 2.16. The van der Waals surface area contributed by atoms with Crippen LogP contribution >= 0.6 is 11.3 Å². The lowest BCUT2D eigenvalue weighted by Gasteiger charge is -2.10. The Morgan fingerprint density at radius 1 is 1.47 bits per heavy atom. The number of anilines is 1. The van der Waals surface area contributed by atoms with Crippen LogP contribution in [-0.2, 0) is 4.74 Å². The quantitative estimate of drug-likeness (QED) is 0.906. The Morgan fingerprint density at radius 3 is 3.16 bits per heavy atom. The first kappa shape index (κ1) is 12.4. The molecule has 100 valence electrons. The number of carbonyl (C=O) groups is 1. The van der Waals surface area contributed by atoms with Crippen molar-refractivity contribution >= 4 is 32.7 Å². The van der Waals surface area contributed by atoms with E-state index in [1.54, 1.807) is 0 Å². The standard InChI is InChI=1S/C13H15N3O2S/c17-12(14-8-9-4-3-7-18-9)16-13-15-10-5-1-2-6-11(10)19-13/h1-2,5-6,9H,3-4,7-8H2,(H2,14,15,16,17). The van der Waals surface area contributed by atoms with Crippen molar-refractivity contribution in [1.82, 2.24) is 10.3 Å². The molecular weight excluding hydrogens is 262 g/mol. The molecule has 1 atom stereocenters. The first-order valence-corrected chi connectivity index (χ1v) is 7.15. The van der Waals surface area contributed by atoms with Gasteiger partial charge in [0.05, 0.1) is 16.3 Å². The number of urea groups is 1. The molecule has 2 aromatic rings. The fourth-order valence-electron chi connectivity index (χ4n) is 2.08. The summed E-state index contributed by atoms with van der Waals surface area (Å²) < 4.78 is 6.51. The average molecular weight is 277 g/mol. The number of thiazole rings is 1. The second-order valence-electron chi connectivity index (χ2n) is 4.46. The number of hydrogen-bond acceptors (Lipinski definition) is 4. The third-order valence-corrected chi connectivity index (χ3v) is 3.98. The monoisotopic (exact) mass is 277 g/mol. The van der Waals surface area contributed by atoms with Crippen LogP contribution in [0.15, 0.2) is 24.3 Å². The molecule has 2 N–H and O–H groups in total. The van der Waals surface area contributed by atoms with Gasteiger partial charge in [-0.1, -0.05) is 23.5 Å². The number of aromatic nitrogens is 1. The third-order valence-electron chi connectivity index (χ3n) is 3.03. The number of fused-ring (bicyclic) bond motifs is 1. The average Bonchev–Trinajstić information content (AvgIpc) is 3.04. The predicted molar refractivity (Wildman–Crippen MR) is 75.6 cm³/mol. The molecule has 1 aliphatic heterocycles. The highest BCUT2D eigenvalue weighted by molar-refractivity contribution is 7.22. The van der Waals surface area contributed by atoms with Gasteiger partial charge in [0.25, 0.3) is 0 Å². The molecule has 2 heterocycles. The molecule has 1 unspecified atom stereocenters. The summed E-state index contributed by atoms with van der Waals surface area (Å²) in [6, 6.07) is 7.59. The molecule has 0 bridgehead atoms. The summed E-state index contributed by atoms with van der Waals surface area (Å²) in [6.45, 7) is 1.35. The summed E-state index contributed by atoms with van der Waals surface area (Å²) in [5.41, 5.74) is 0.905. The highest BCUT2D eigenvalue weighted by atomic mass is 32.1. The van der Waals surface area contributed by atoms with Gasteiger partial charge in [0.1, 0.15) is 0 Å². The number of para-hydroxylation sites is 1. The van der Waals surface area contributed by atoms with Gasteiger partial charge in [-0.3, -0.25) is 5.32 Å². The van der Waals surface area contributed by atoms with Crippen molar-refractivity contribution in [2.45, 2.75) is 18.9 Å². The van der Waals surface area contributed by atoms with E-state index >= 15 is 0 Å². The molecule has 1 saturated heterocycles. The number of carbonyl (C=O) groups excluding carboxylic acids is 1. The molecule has 19 heavy (non-hydrogen) atoms. The SMILES string of the molecule is O=C(NCC1CCCO1)Nc1nc2ccccc2s1. The van der Waals surface area contributed by atoms with Gasteiger partial charge in [0.15, 0.2) is 5.13 Å². The van der Waals surface area contributed by atoms with Crippen molar-refractivity contribution in [3.8, 4) is 0 Å². The second kappa shape index (κ2) is 5.54. The topological polar surface area (TPSA) is 63.2 Å². The lowest BCUT2D eigenvalue weighted by molar-refractivity contribution is 0.112. The van der Waals surface area contributed by atoms with E-state index in [9.17, 15) is 4.79 Å². The molecule has 0 spiro atoms.